The van der Waals surface area contributed by atoms with Crippen molar-refractivity contribution in [3.63, 3.8) is 0 Å². The normalized spacial score (nSPS) is 28.1. The fourth-order valence-corrected chi connectivity index (χ4v) is 8.90. The average Bonchev–Trinajstić information content (AvgIpc) is 3.70. The van der Waals surface area contributed by atoms with Crippen LogP contribution in [0.5, 0.6) is 0 Å². The van der Waals surface area contributed by atoms with Gasteiger partial charge in [-0.2, -0.15) is 0 Å². The molecular weight excluding hydrogens is 518 g/mol. The van der Waals surface area contributed by atoms with E-state index in [1.807, 2.05) is 54.6 Å². The van der Waals surface area contributed by atoms with Gasteiger partial charge in [0.1, 0.15) is 18.2 Å². The first-order valence-electron chi connectivity index (χ1n) is 13.4. The van der Waals surface area contributed by atoms with Crippen LogP contribution in [0.1, 0.15) is 25.3 Å². The van der Waals surface area contributed by atoms with E-state index in [0.717, 1.165) is 17.5 Å². The quantitative estimate of drug-likeness (QED) is 0.387. The molecule has 1 spiro atoms. The molecule has 1 aromatic heterocycles. The summed E-state index contributed by atoms with van der Waals surface area (Å²) in [5, 5.41) is 21.7. The number of ether oxygens (including phenoxy) is 1. The van der Waals surface area contributed by atoms with Gasteiger partial charge in [-0.25, -0.2) is 4.68 Å². The number of hydrogen-bond acceptors (Lipinski definition) is 8. The van der Waals surface area contributed by atoms with Gasteiger partial charge < -0.3 is 20.1 Å². The number of amides is 2. The zero-order chi connectivity index (χ0) is 27.1. The number of para-hydroxylation sites is 1. The highest BCUT2D eigenvalue weighted by Gasteiger charge is 2.74. The van der Waals surface area contributed by atoms with E-state index in [1.54, 1.807) is 28.3 Å². The van der Waals surface area contributed by atoms with Gasteiger partial charge in [-0.3, -0.25) is 14.4 Å². The minimum atomic E-state index is -0.847. The molecule has 6 atom stereocenters. The molecule has 3 aromatic rings. The van der Waals surface area contributed by atoms with E-state index in [9.17, 15) is 19.5 Å². The maximum atomic E-state index is 14.2. The molecule has 11 heteroatoms. The second-order valence-electron chi connectivity index (χ2n) is 10.4. The summed E-state index contributed by atoms with van der Waals surface area (Å²) in [6.45, 7) is 1.76. The van der Waals surface area contributed by atoms with Crippen molar-refractivity contribution in [2.75, 3.05) is 13.2 Å². The predicted molar refractivity (Wildman–Crippen MR) is 144 cm³/mol. The third-order valence-electron chi connectivity index (χ3n) is 8.29. The van der Waals surface area contributed by atoms with E-state index < -0.39 is 28.7 Å². The molecule has 0 aliphatic carbocycles. The molecule has 2 amide bonds. The SMILES string of the molecule is CCOC(=O)[C@@H]1[C@@H]2CCC3(S2)C(C(=O)NCn2nnc4ccccc42)N([C@@H](CO)Cc2ccccc2)C(=O)[C@H]13. The molecule has 6 rings (SSSR count). The third kappa shape index (κ3) is 4.19. The minimum Gasteiger partial charge on any atom is -0.466 e. The number of nitrogens with one attached hydrogen (secondary N) is 1. The molecule has 2 N–H and O–H groups in total. The van der Waals surface area contributed by atoms with Crippen LogP contribution < -0.4 is 5.32 Å². The number of likely N-dealkylation sites (tertiary alicyclic amines) is 1. The van der Waals surface area contributed by atoms with Gasteiger partial charge in [0.15, 0.2) is 0 Å². The van der Waals surface area contributed by atoms with E-state index in [0.29, 0.717) is 18.4 Å². The molecule has 3 aliphatic rings. The second-order valence-corrected chi connectivity index (χ2v) is 12.0. The largest absolute Gasteiger partial charge is 0.466 e. The second kappa shape index (κ2) is 10.3. The Hall–Kier alpha value is -3.44. The molecule has 39 heavy (non-hydrogen) atoms. The van der Waals surface area contributed by atoms with E-state index in [2.05, 4.69) is 15.6 Å². The maximum absolute atomic E-state index is 14.2. The van der Waals surface area contributed by atoms with Crippen LogP contribution in [-0.4, -0.2) is 78.1 Å². The summed E-state index contributed by atoms with van der Waals surface area (Å²) in [5.41, 5.74) is 2.45. The van der Waals surface area contributed by atoms with Crippen molar-refractivity contribution < 1.29 is 24.2 Å². The Morgan fingerprint density at radius 3 is 2.74 bits per heavy atom. The van der Waals surface area contributed by atoms with Crippen LogP contribution in [0.4, 0.5) is 0 Å². The van der Waals surface area contributed by atoms with Crippen LogP contribution in [0.2, 0.25) is 0 Å². The van der Waals surface area contributed by atoms with Crippen LogP contribution in [0.15, 0.2) is 54.6 Å². The monoisotopic (exact) mass is 549 g/mol. The first kappa shape index (κ1) is 25.8. The standard InChI is InChI=1S/C28H31N5O5S/c1-2-38-27(37)22-21-12-13-28(39-21)23(22)26(36)33(18(15-34)14-17-8-4-3-5-9-17)24(28)25(35)29-16-32-20-11-7-6-10-19(20)30-31-32/h3-11,18,21-24,34H,2,12-16H2,1H3,(H,29,35)/t18-,21+,22-,23+,24?,28?/m1/s1. The molecule has 3 fully saturated rings. The lowest BCUT2D eigenvalue weighted by Gasteiger charge is -2.37. The summed E-state index contributed by atoms with van der Waals surface area (Å²) in [6.07, 6.45) is 1.76. The highest BCUT2D eigenvalue weighted by Crippen LogP contribution is 2.66. The van der Waals surface area contributed by atoms with Crippen LogP contribution >= 0.6 is 11.8 Å². The first-order chi connectivity index (χ1) is 19.0. The van der Waals surface area contributed by atoms with Crippen molar-refractivity contribution in [3.8, 4) is 0 Å². The number of carbonyl (C=O) groups excluding carboxylic acids is 3. The number of benzene rings is 2. The van der Waals surface area contributed by atoms with Crippen LogP contribution in [0.3, 0.4) is 0 Å². The van der Waals surface area contributed by atoms with Gasteiger partial charge in [0, 0.05) is 5.25 Å². The number of thioether (sulfide) groups is 1. The van der Waals surface area contributed by atoms with Gasteiger partial charge in [-0.15, -0.1) is 16.9 Å². The lowest BCUT2D eigenvalue weighted by molar-refractivity contribution is -0.154. The van der Waals surface area contributed by atoms with Crippen molar-refractivity contribution in [2.24, 2.45) is 11.8 Å². The van der Waals surface area contributed by atoms with Crippen molar-refractivity contribution in [1.29, 1.82) is 0 Å². The number of carbonyl (C=O) groups is 3. The Bertz CT molecular complexity index is 1400. The smallest absolute Gasteiger partial charge is 0.310 e. The number of nitrogens with zero attached hydrogens (tertiary/aromatic N) is 4. The highest BCUT2D eigenvalue weighted by atomic mass is 32.2. The molecule has 2 aromatic carbocycles. The van der Waals surface area contributed by atoms with Crippen molar-refractivity contribution in [3.05, 3.63) is 60.2 Å². The number of fused-ring (bicyclic) bond motifs is 2. The summed E-state index contributed by atoms with van der Waals surface area (Å²) in [6, 6.07) is 15.6. The fourth-order valence-electron chi connectivity index (χ4n) is 6.71. The zero-order valence-corrected chi connectivity index (χ0v) is 22.4. The topological polar surface area (TPSA) is 127 Å². The third-order valence-corrected chi connectivity index (χ3v) is 10.2. The molecule has 3 aliphatic heterocycles. The molecule has 4 heterocycles. The number of aromatic nitrogens is 3. The van der Waals surface area contributed by atoms with E-state index >= 15 is 0 Å². The number of aliphatic hydroxyl groups is 1. The zero-order valence-electron chi connectivity index (χ0n) is 21.6. The Labute approximate surface area is 230 Å². The van der Waals surface area contributed by atoms with Gasteiger partial charge in [-0.1, -0.05) is 47.7 Å². The van der Waals surface area contributed by atoms with Crippen LogP contribution in [0, 0.1) is 11.8 Å². The lowest BCUT2D eigenvalue weighted by Crippen LogP contribution is -2.57. The van der Waals surface area contributed by atoms with E-state index in [-0.39, 0.29) is 42.9 Å². The molecule has 2 unspecified atom stereocenters. The Morgan fingerprint density at radius 1 is 1.21 bits per heavy atom. The van der Waals surface area contributed by atoms with Crippen LogP contribution in [0.25, 0.3) is 11.0 Å². The van der Waals surface area contributed by atoms with Crippen molar-refractivity contribution in [2.45, 2.75) is 54.9 Å². The summed E-state index contributed by atoms with van der Waals surface area (Å²) in [4.78, 5) is 42.9. The molecule has 3 saturated heterocycles. The molecule has 0 saturated carbocycles. The molecule has 10 nitrogen and oxygen atoms in total. The van der Waals surface area contributed by atoms with E-state index in [1.165, 1.54) is 0 Å². The summed E-state index contributed by atoms with van der Waals surface area (Å²) in [7, 11) is 0. The summed E-state index contributed by atoms with van der Waals surface area (Å²) < 4.78 is 6.23. The summed E-state index contributed by atoms with van der Waals surface area (Å²) >= 11 is 1.58. The minimum absolute atomic E-state index is 0.0728. The van der Waals surface area contributed by atoms with Crippen LogP contribution in [-0.2, 0) is 32.2 Å². The number of aliphatic hydroxyl groups excluding tert-OH is 1. The number of esters is 1. The Balaban J connectivity index is 1.34. The van der Waals surface area contributed by atoms with Gasteiger partial charge in [0.2, 0.25) is 11.8 Å². The molecule has 2 bridgehead atoms. The van der Waals surface area contributed by atoms with E-state index in [4.69, 9.17) is 4.74 Å². The lowest BCUT2D eigenvalue weighted by atomic mass is 9.71. The Kier molecular flexibility index (Phi) is 6.80. The van der Waals surface area contributed by atoms with Gasteiger partial charge >= 0.3 is 5.97 Å². The Morgan fingerprint density at radius 2 is 1.97 bits per heavy atom. The van der Waals surface area contributed by atoms with Crippen molar-refractivity contribution >= 4 is 40.6 Å². The summed E-state index contributed by atoms with van der Waals surface area (Å²) in [5.74, 6) is -2.24. The fraction of sp³-hybridized carbons (Fsp3) is 0.464. The van der Waals surface area contributed by atoms with Crippen molar-refractivity contribution in [1.82, 2.24) is 25.2 Å². The van der Waals surface area contributed by atoms with Gasteiger partial charge in [0.25, 0.3) is 0 Å². The van der Waals surface area contributed by atoms with Gasteiger partial charge in [0.05, 0.1) is 41.4 Å². The molecule has 204 valence electrons. The maximum Gasteiger partial charge on any atom is 0.310 e. The number of hydrogen-bond donors (Lipinski definition) is 2. The molecule has 0 radical (unpaired) electrons. The van der Waals surface area contributed by atoms with Gasteiger partial charge in [-0.05, 0) is 43.9 Å². The highest BCUT2D eigenvalue weighted by molar-refractivity contribution is 8.02. The number of rotatable bonds is 9. The predicted octanol–water partition coefficient (Wildman–Crippen LogP) is 1.76. The first-order valence-corrected chi connectivity index (χ1v) is 14.2. The average molecular weight is 550 g/mol. The molecular formula is C28H31N5O5S.